The summed E-state index contributed by atoms with van der Waals surface area (Å²) < 4.78 is 40.6. The highest BCUT2D eigenvalue weighted by Gasteiger charge is 2.25. The lowest BCUT2D eigenvalue weighted by Crippen LogP contribution is -2.43. The predicted octanol–water partition coefficient (Wildman–Crippen LogP) is 4.44. The second-order valence-electron chi connectivity index (χ2n) is 6.58. The summed E-state index contributed by atoms with van der Waals surface area (Å²) in [5, 5.41) is 5.26. The summed E-state index contributed by atoms with van der Waals surface area (Å²) in [6.07, 6.45) is 0. The average molecular weight is 350 g/mol. The van der Waals surface area contributed by atoms with E-state index in [1.807, 2.05) is 13.8 Å². The highest BCUT2D eigenvalue weighted by atomic mass is 19.1. The minimum atomic E-state index is -0.723. The summed E-state index contributed by atoms with van der Waals surface area (Å²) >= 11 is 0. The van der Waals surface area contributed by atoms with Crippen molar-refractivity contribution in [3.8, 4) is 0 Å². The molecule has 2 N–H and O–H groups in total. The molecule has 2 amide bonds. The molecule has 2 rings (SSSR count). The summed E-state index contributed by atoms with van der Waals surface area (Å²) in [5.74, 6) is -1.74. The molecule has 0 aliphatic heterocycles. The minimum absolute atomic E-state index is 0.185. The van der Waals surface area contributed by atoms with Crippen LogP contribution in [0.3, 0.4) is 0 Å². The molecule has 2 aromatic rings. The van der Waals surface area contributed by atoms with Crippen LogP contribution in [-0.2, 0) is 5.41 Å². The zero-order chi connectivity index (χ0) is 18.6. The molecule has 0 radical (unpaired) electrons. The Morgan fingerprint density at radius 1 is 1.08 bits per heavy atom. The average Bonchev–Trinajstić information content (AvgIpc) is 2.53. The molecule has 2 aromatic carbocycles. The van der Waals surface area contributed by atoms with E-state index in [0.29, 0.717) is 5.56 Å². The summed E-state index contributed by atoms with van der Waals surface area (Å²) in [6.45, 7) is 5.42. The maximum Gasteiger partial charge on any atom is 0.315 e. The van der Waals surface area contributed by atoms with Gasteiger partial charge < -0.3 is 10.6 Å². The van der Waals surface area contributed by atoms with E-state index < -0.39 is 29.1 Å². The van der Waals surface area contributed by atoms with Crippen LogP contribution < -0.4 is 10.6 Å². The van der Waals surface area contributed by atoms with E-state index in [2.05, 4.69) is 10.6 Å². The maximum absolute atomic E-state index is 13.9. The van der Waals surface area contributed by atoms with Gasteiger partial charge in [-0.1, -0.05) is 38.1 Å². The van der Waals surface area contributed by atoms with Crippen molar-refractivity contribution in [1.82, 2.24) is 10.6 Å². The Kier molecular flexibility index (Phi) is 5.72. The van der Waals surface area contributed by atoms with Crippen molar-refractivity contribution in [3.63, 3.8) is 0 Å². The second kappa shape index (κ2) is 7.59. The normalized spacial score (nSPS) is 12.6. The Bertz CT molecular complexity index is 762. The number of hydrogen-bond acceptors (Lipinski definition) is 1. The van der Waals surface area contributed by atoms with Gasteiger partial charge in [0.2, 0.25) is 0 Å². The molecule has 1 unspecified atom stereocenters. The number of halogens is 3. The number of carbonyl (C=O) groups is 1. The van der Waals surface area contributed by atoms with Gasteiger partial charge in [0.1, 0.15) is 17.5 Å². The van der Waals surface area contributed by atoms with Gasteiger partial charge in [0.15, 0.2) is 0 Å². The molecule has 0 saturated carbocycles. The lowest BCUT2D eigenvalue weighted by molar-refractivity contribution is 0.235. The van der Waals surface area contributed by atoms with E-state index in [1.165, 1.54) is 12.1 Å². The molecule has 0 aliphatic rings. The number of hydrogen-bond donors (Lipinski definition) is 2. The zero-order valence-corrected chi connectivity index (χ0v) is 14.4. The lowest BCUT2D eigenvalue weighted by atomic mass is 9.84. The van der Waals surface area contributed by atoms with E-state index in [-0.39, 0.29) is 17.9 Å². The van der Waals surface area contributed by atoms with Gasteiger partial charge in [-0.3, -0.25) is 0 Å². The van der Waals surface area contributed by atoms with Crippen molar-refractivity contribution in [2.24, 2.45) is 0 Å². The first-order valence-electron chi connectivity index (χ1n) is 7.95. The molecule has 0 bridgehead atoms. The predicted molar refractivity (Wildman–Crippen MR) is 90.7 cm³/mol. The molecule has 3 nitrogen and oxygen atoms in total. The van der Waals surface area contributed by atoms with Gasteiger partial charge >= 0.3 is 6.03 Å². The van der Waals surface area contributed by atoms with Crippen LogP contribution in [0.2, 0.25) is 0 Å². The fraction of sp³-hybridized carbons (Fsp3) is 0.316. The molecule has 0 aromatic heterocycles. The monoisotopic (exact) mass is 350 g/mol. The van der Waals surface area contributed by atoms with E-state index in [9.17, 15) is 18.0 Å². The number of urea groups is 1. The molecule has 0 spiro atoms. The third-order valence-electron chi connectivity index (χ3n) is 4.07. The maximum atomic E-state index is 13.9. The van der Waals surface area contributed by atoms with E-state index in [1.54, 1.807) is 25.1 Å². The van der Waals surface area contributed by atoms with Crippen LogP contribution in [0.1, 0.15) is 37.9 Å². The van der Waals surface area contributed by atoms with Crippen LogP contribution in [0.15, 0.2) is 42.5 Å². The first kappa shape index (κ1) is 18.8. The Hall–Kier alpha value is -2.50. The second-order valence-corrected chi connectivity index (χ2v) is 6.58. The standard InChI is InChI=1S/C19H21F3N2O/c1-12(14-9-8-13(20)10-17(14)22)24-18(25)23-11-19(2,3)15-6-4-5-7-16(15)21/h4-10,12H,11H2,1-3H3,(H2,23,24,25). The Morgan fingerprint density at radius 3 is 2.40 bits per heavy atom. The molecule has 134 valence electrons. The van der Waals surface area contributed by atoms with Gasteiger partial charge in [-0.25, -0.2) is 18.0 Å². The highest BCUT2D eigenvalue weighted by Crippen LogP contribution is 2.25. The van der Waals surface area contributed by atoms with Crippen molar-refractivity contribution in [2.75, 3.05) is 6.54 Å². The Morgan fingerprint density at radius 2 is 1.76 bits per heavy atom. The summed E-state index contributed by atoms with van der Waals surface area (Å²) in [4.78, 5) is 12.1. The molecule has 1 atom stereocenters. The minimum Gasteiger partial charge on any atom is -0.337 e. The lowest BCUT2D eigenvalue weighted by Gasteiger charge is -2.26. The molecule has 0 heterocycles. The summed E-state index contributed by atoms with van der Waals surface area (Å²) in [5.41, 5.74) is 0.0605. The van der Waals surface area contributed by atoms with Crippen LogP contribution in [0.4, 0.5) is 18.0 Å². The van der Waals surface area contributed by atoms with E-state index in [0.717, 1.165) is 12.1 Å². The molecular formula is C19H21F3N2O. The molecule has 6 heteroatoms. The molecule has 0 aliphatic carbocycles. The van der Waals surface area contributed by atoms with Crippen molar-refractivity contribution in [3.05, 3.63) is 71.0 Å². The summed E-state index contributed by atoms with van der Waals surface area (Å²) in [6, 6.07) is 8.43. The smallest absolute Gasteiger partial charge is 0.315 e. The fourth-order valence-electron chi connectivity index (χ4n) is 2.58. The SMILES string of the molecule is CC(NC(=O)NCC(C)(C)c1ccccc1F)c1ccc(F)cc1F. The fourth-order valence-corrected chi connectivity index (χ4v) is 2.58. The number of nitrogens with one attached hydrogen (secondary N) is 2. The number of benzene rings is 2. The number of amides is 2. The van der Waals surface area contributed by atoms with Gasteiger partial charge in [0.05, 0.1) is 6.04 Å². The van der Waals surface area contributed by atoms with Gasteiger partial charge in [-0.15, -0.1) is 0 Å². The number of rotatable bonds is 5. The Balaban J connectivity index is 1.97. The zero-order valence-electron chi connectivity index (χ0n) is 14.4. The molecular weight excluding hydrogens is 329 g/mol. The Labute approximate surface area is 145 Å². The van der Waals surface area contributed by atoms with Gasteiger partial charge in [0, 0.05) is 23.6 Å². The van der Waals surface area contributed by atoms with Gasteiger partial charge in [-0.05, 0) is 24.6 Å². The first-order chi connectivity index (χ1) is 11.7. The highest BCUT2D eigenvalue weighted by molar-refractivity contribution is 5.74. The number of carbonyl (C=O) groups excluding carboxylic acids is 1. The van der Waals surface area contributed by atoms with Gasteiger partial charge in [-0.2, -0.15) is 0 Å². The van der Waals surface area contributed by atoms with Crippen molar-refractivity contribution < 1.29 is 18.0 Å². The van der Waals surface area contributed by atoms with Crippen molar-refractivity contribution in [1.29, 1.82) is 0 Å². The van der Waals surface area contributed by atoms with Crippen LogP contribution in [0.5, 0.6) is 0 Å². The van der Waals surface area contributed by atoms with Crippen LogP contribution >= 0.6 is 0 Å². The third kappa shape index (κ3) is 4.75. The quantitative estimate of drug-likeness (QED) is 0.822. The van der Waals surface area contributed by atoms with E-state index >= 15 is 0 Å². The van der Waals surface area contributed by atoms with Crippen LogP contribution in [0, 0.1) is 17.5 Å². The largest absolute Gasteiger partial charge is 0.337 e. The first-order valence-corrected chi connectivity index (χ1v) is 7.95. The molecule has 25 heavy (non-hydrogen) atoms. The van der Waals surface area contributed by atoms with Crippen molar-refractivity contribution >= 4 is 6.03 Å². The molecule has 0 fully saturated rings. The van der Waals surface area contributed by atoms with Crippen LogP contribution in [0.25, 0.3) is 0 Å². The van der Waals surface area contributed by atoms with E-state index in [4.69, 9.17) is 0 Å². The summed E-state index contributed by atoms with van der Waals surface area (Å²) in [7, 11) is 0. The van der Waals surface area contributed by atoms with Gasteiger partial charge in [0.25, 0.3) is 0 Å². The van der Waals surface area contributed by atoms with Crippen molar-refractivity contribution in [2.45, 2.75) is 32.2 Å². The topological polar surface area (TPSA) is 41.1 Å². The van der Waals surface area contributed by atoms with Crippen LogP contribution in [-0.4, -0.2) is 12.6 Å². The third-order valence-corrected chi connectivity index (χ3v) is 4.07. The molecule has 0 saturated heterocycles.